The van der Waals surface area contributed by atoms with Crippen LogP contribution in [-0.4, -0.2) is 40.1 Å². The van der Waals surface area contributed by atoms with Crippen LogP contribution in [0.3, 0.4) is 0 Å². The van der Waals surface area contributed by atoms with Gasteiger partial charge in [0.1, 0.15) is 11.3 Å². The highest BCUT2D eigenvalue weighted by Gasteiger charge is 2.17. The molecule has 3 rings (SSSR count). The average Bonchev–Trinajstić information content (AvgIpc) is 2.87. The van der Waals surface area contributed by atoms with Crippen LogP contribution in [0.15, 0.2) is 30.3 Å². The fraction of sp³-hybridized carbons (Fsp3) is 0.300. The molecule has 2 N–H and O–H groups in total. The van der Waals surface area contributed by atoms with Crippen LogP contribution in [-0.2, 0) is 17.1 Å². The summed E-state index contributed by atoms with van der Waals surface area (Å²) in [6.07, 6.45) is 1.10. The minimum absolute atomic E-state index is 0.292. The molecule has 28 heavy (non-hydrogen) atoms. The SMILES string of the molecule is Cc1nc(C#CC(C)(C)O)ccc1-c1cccc2c(NS(C)(=O)=O)nn(C)c12. The summed E-state index contributed by atoms with van der Waals surface area (Å²) in [5, 5.41) is 14.8. The fourth-order valence-electron chi connectivity index (χ4n) is 2.94. The van der Waals surface area contributed by atoms with Gasteiger partial charge in [0.15, 0.2) is 5.82 Å². The summed E-state index contributed by atoms with van der Waals surface area (Å²) < 4.78 is 27.4. The lowest BCUT2D eigenvalue weighted by Crippen LogP contribution is -2.14. The minimum Gasteiger partial charge on any atom is -0.378 e. The first-order chi connectivity index (χ1) is 12.9. The zero-order valence-corrected chi connectivity index (χ0v) is 17.2. The van der Waals surface area contributed by atoms with Gasteiger partial charge in [-0.05, 0) is 44.9 Å². The van der Waals surface area contributed by atoms with Crippen molar-refractivity contribution in [3.63, 3.8) is 0 Å². The normalized spacial score (nSPS) is 11.9. The molecule has 8 heteroatoms. The van der Waals surface area contributed by atoms with E-state index in [0.717, 1.165) is 28.6 Å². The first kappa shape index (κ1) is 19.9. The number of pyridine rings is 1. The summed E-state index contributed by atoms with van der Waals surface area (Å²) in [5.41, 5.74) is 2.84. The zero-order valence-electron chi connectivity index (χ0n) is 16.4. The van der Waals surface area contributed by atoms with Gasteiger partial charge in [-0.25, -0.2) is 13.4 Å². The van der Waals surface area contributed by atoms with Crippen molar-refractivity contribution in [1.82, 2.24) is 14.8 Å². The van der Waals surface area contributed by atoms with Crippen molar-refractivity contribution >= 4 is 26.7 Å². The molecule has 0 saturated carbocycles. The second kappa shape index (κ2) is 6.93. The molecule has 1 aromatic carbocycles. The molecule has 0 amide bonds. The van der Waals surface area contributed by atoms with Gasteiger partial charge in [-0.15, -0.1) is 0 Å². The van der Waals surface area contributed by atoms with E-state index in [4.69, 9.17) is 0 Å². The van der Waals surface area contributed by atoms with Crippen molar-refractivity contribution < 1.29 is 13.5 Å². The van der Waals surface area contributed by atoms with E-state index >= 15 is 0 Å². The number of rotatable bonds is 3. The number of benzene rings is 1. The number of aromatic nitrogens is 3. The third kappa shape index (κ3) is 4.32. The van der Waals surface area contributed by atoms with Crippen LogP contribution in [0.5, 0.6) is 0 Å². The first-order valence-corrected chi connectivity index (χ1v) is 10.5. The maximum Gasteiger partial charge on any atom is 0.231 e. The Kier molecular flexibility index (Phi) is 4.91. The van der Waals surface area contributed by atoms with Crippen LogP contribution < -0.4 is 4.72 Å². The molecule has 0 saturated heterocycles. The highest BCUT2D eigenvalue weighted by molar-refractivity contribution is 7.92. The first-order valence-electron chi connectivity index (χ1n) is 8.62. The van der Waals surface area contributed by atoms with Crippen LogP contribution in [0, 0.1) is 18.8 Å². The molecule has 0 fully saturated rings. The second-order valence-electron chi connectivity index (χ2n) is 7.19. The van der Waals surface area contributed by atoms with E-state index in [2.05, 4.69) is 26.6 Å². The van der Waals surface area contributed by atoms with E-state index < -0.39 is 15.6 Å². The second-order valence-corrected chi connectivity index (χ2v) is 8.94. The number of anilines is 1. The molecule has 0 spiro atoms. The monoisotopic (exact) mass is 398 g/mol. The van der Waals surface area contributed by atoms with Crippen LogP contribution in [0.2, 0.25) is 0 Å². The summed E-state index contributed by atoms with van der Waals surface area (Å²) >= 11 is 0. The van der Waals surface area contributed by atoms with Gasteiger partial charge in [0.05, 0.1) is 11.8 Å². The molecule has 0 aliphatic carbocycles. The van der Waals surface area contributed by atoms with E-state index in [-0.39, 0.29) is 0 Å². The van der Waals surface area contributed by atoms with Crippen molar-refractivity contribution in [1.29, 1.82) is 0 Å². The number of nitrogens with one attached hydrogen (secondary N) is 1. The van der Waals surface area contributed by atoms with Gasteiger partial charge in [-0.2, -0.15) is 5.10 Å². The lowest BCUT2D eigenvalue weighted by molar-refractivity contribution is 0.143. The summed E-state index contributed by atoms with van der Waals surface area (Å²) in [7, 11) is -1.67. The molecule has 0 atom stereocenters. The van der Waals surface area contributed by atoms with Gasteiger partial charge < -0.3 is 5.11 Å². The standard InChI is InChI=1S/C20H22N4O3S/c1-13-15(10-9-14(21-13)11-12-20(2,3)25)16-7-6-8-17-18(16)24(4)22-19(17)23-28(5,26)27/h6-10,25H,1-5H3,(H,22,23). The Bertz CT molecular complexity index is 1230. The number of hydrogen-bond acceptors (Lipinski definition) is 5. The zero-order chi connectivity index (χ0) is 20.7. The largest absolute Gasteiger partial charge is 0.378 e. The van der Waals surface area contributed by atoms with E-state index in [9.17, 15) is 13.5 Å². The van der Waals surface area contributed by atoms with E-state index in [1.165, 1.54) is 0 Å². The van der Waals surface area contributed by atoms with Crippen molar-refractivity contribution in [3.05, 3.63) is 41.7 Å². The van der Waals surface area contributed by atoms with Gasteiger partial charge in [0, 0.05) is 29.3 Å². The number of sulfonamides is 1. The van der Waals surface area contributed by atoms with E-state index in [0.29, 0.717) is 16.9 Å². The molecule has 3 aromatic rings. The van der Waals surface area contributed by atoms with Gasteiger partial charge in [0.25, 0.3) is 0 Å². The molecular formula is C20H22N4O3S. The molecule has 7 nitrogen and oxygen atoms in total. The van der Waals surface area contributed by atoms with Gasteiger partial charge in [-0.1, -0.05) is 18.1 Å². The molecular weight excluding hydrogens is 376 g/mol. The molecule has 0 radical (unpaired) electrons. The Morgan fingerprint density at radius 2 is 1.89 bits per heavy atom. The highest BCUT2D eigenvalue weighted by atomic mass is 32.2. The molecule has 2 aromatic heterocycles. The summed E-state index contributed by atoms with van der Waals surface area (Å²) in [4.78, 5) is 4.53. The van der Waals surface area contributed by atoms with Crippen LogP contribution in [0.4, 0.5) is 5.82 Å². The Morgan fingerprint density at radius 1 is 1.18 bits per heavy atom. The molecule has 0 aliphatic heterocycles. The number of aliphatic hydroxyl groups is 1. The lowest BCUT2D eigenvalue weighted by atomic mass is 10.0. The molecule has 146 valence electrons. The Hall–Kier alpha value is -2.89. The molecule has 0 aliphatic rings. The van der Waals surface area contributed by atoms with Crippen molar-refractivity contribution in [3.8, 4) is 23.0 Å². The predicted molar refractivity (Wildman–Crippen MR) is 110 cm³/mol. The van der Waals surface area contributed by atoms with Crippen molar-refractivity contribution in [2.75, 3.05) is 11.0 Å². The maximum absolute atomic E-state index is 11.6. The fourth-order valence-corrected chi connectivity index (χ4v) is 3.44. The van der Waals surface area contributed by atoms with Crippen LogP contribution in [0.25, 0.3) is 22.0 Å². The molecule has 0 unspecified atom stereocenters. The topological polar surface area (TPSA) is 97.1 Å². The maximum atomic E-state index is 11.6. The summed E-state index contributed by atoms with van der Waals surface area (Å²) in [6, 6.07) is 9.34. The highest BCUT2D eigenvalue weighted by Crippen LogP contribution is 2.33. The molecule has 0 bridgehead atoms. The van der Waals surface area contributed by atoms with E-state index in [1.54, 1.807) is 31.6 Å². The predicted octanol–water partition coefficient (Wildman–Crippen LogP) is 2.44. The number of hydrogen-bond donors (Lipinski definition) is 2. The Balaban J connectivity index is 2.13. The minimum atomic E-state index is -3.44. The Morgan fingerprint density at radius 3 is 2.50 bits per heavy atom. The summed E-state index contributed by atoms with van der Waals surface area (Å²) in [5.74, 6) is 5.92. The van der Waals surface area contributed by atoms with Gasteiger partial charge in [-0.3, -0.25) is 9.40 Å². The lowest BCUT2D eigenvalue weighted by Gasteiger charge is -2.09. The number of para-hydroxylation sites is 1. The average molecular weight is 398 g/mol. The van der Waals surface area contributed by atoms with Crippen LogP contribution in [0.1, 0.15) is 25.2 Å². The number of fused-ring (bicyclic) bond motifs is 1. The Labute approximate surface area is 164 Å². The smallest absolute Gasteiger partial charge is 0.231 e. The van der Waals surface area contributed by atoms with Crippen molar-refractivity contribution in [2.24, 2.45) is 7.05 Å². The van der Waals surface area contributed by atoms with E-state index in [1.807, 2.05) is 31.2 Å². The van der Waals surface area contributed by atoms with Gasteiger partial charge >= 0.3 is 0 Å². The summed E-state index contributed by atoms with van der Waals surface area (Å²) in [6.45, 7) is 5.12. The number of nitrogens with zero attached hydrogens (tertiary/aromatic N) is 3. The van der Waals surface area contributed by atoms with Gasteiger partial charge in [0.2, 0.25) is 10.0 Å². The number of aryl methyl sites for hydroxylation is 2. The quantitative estimate of drug-likeness (QED) is 0.661. The third-order valence-electron chi connectivity index (χ3n) is 4.02. The third-order valence-corrected chi connectivity index (χ3v) is 4.58. The van der Waals surface area contributed by atoms with Crippen molar-refractivity contribution in [2.45, 2.75) is 26.4 Å². The molecule has 2 heterocycles. The van der Waals surface area contributed by atoms with Crippen LogP contribution >= 0.6 is 0 Å².